The number of aliphatic hydroxyl groups excluding tert-OH is 1. The minimum absolute atomic E-state index is 0.255. The molecule has 0 aromatic heterocycles. The van der Waals surface area contributed by atoms with E-state index in [2.05, 4.69) is 15.9 Å². The first-order valence-corrected chi connectivity index (χ1v) is 6.80. The summed E-state index contributed by atoms with van der Waals surface area (Å²) < 4.78 is 14.0. The lowest BCUT2D eigenvalue weighted by atomic mass is 9.89. The van der Waals surface area contributed by atoms with Gasteiger partial charge in [-0.15, -0.1) is 0 Å². The van der Waals surface area contributed by atoms with Crippen molar-refractivity contribution in [1.82, 2.24) is 0 Å². The van der Waals surface area contributed by atoms with Crippen molar-refractivity contribution in [2.24, 2.45) is 5.73 Å². The molecule has 0 saturated heterocycles. The molecular weight excluding hydrogens is 309 g/mol. The van der Waals surface area contributed by atoms with E-state index in [9.17, 15) is 9.50 Å². The van der Waals surface area contributed by atoms with Crippen molar-refractivity contribution < 1.29 is 9.50 Å². The normalized spacial score (nSPS) is 14.1. The van der Waals surface area contributed by atoms with Crippen LogP contribution in [0.1, 0.15) is 23.1 Å². The van der Waals surface area contributed by atoms with E-state index in [1.54, 1.807) is 6.07 Å². The Morgan fingerprint density at radius 2 is 1.79 bits per heavy atom. The Bertz CT molecular complexity index is 527. The molecule has 0 aliphatic heterocycles. The van der Waals surface area contributed by atoms with Crippen LogP contribution in [0, 0.1) is 5.82 Å². The second-order valence-corrected chi connectivity index (χ2v) is 5.32. The average molecular weight is 324 g/mol. The first-order chi connectivity index (χ1) is 9.11. The molecule has 0 amide bonds. The van der Waals surface area contributed by atoms with Gasteiger partial charge in [-0.1, -0.05) is 46.3 Å². The summed E-state index contributed by atoms with van der Waals surface area (Å²) in [6.45, 7) is 0.291. The van der Waals surface area contributed by atoms with Crippen LogP contribution in [0.15, 0.2) is 53.0 Å². The highest BCUT2D eigenvalue weighted by Gasteiger charge is 2.22. The smallest absolute Gasteiger partial charge is 0.124 e. The lowest BCUT2D eigenvalue weighted by Gasteiger charge is -2.22. The zero-order chi connectivity index (χ0) is 13.8. The van der Waals surface area contributed by atoms with E-state index in [1.807, 2.05) is 30.3 Å². The standard InChI is InChI=1S/C15H15BrFNO/c16-12-6-11(7-13(17)8-12)15(19)14(9-18)10-4-2-1-3-5-10/h1-8,14-15,19H,9,18H2. The van der Waals surface area contributed by atoms with E-state index < -0.39 is 6.10 Å². The van der Waals surface area contributed by atoms with Gasteiger partial charge in [-0.2, -0.15) is 0 Å². The van der Waals surface area contributed by atoms with Crippen LogP contribution < -0.4 is 5.73 Å². The van der Waals surface area contributed by atoms with Crippen molar-refractivity contribution in [3.8, 4) is 0 Å². The van der Waals surface area contributed by atoms with Gasteiger partial charge in [0.25, 0.3) is 0 Å². The van der Waals surface area contributed by atoms with Gasteiger partial charge < -0.3 is 10.8 Å². The first-order valence-electron chi connectivity index (χ1n) is 6.01. The molecule has 0 saturated carbocycles. The number of halogens is 2. The van der Waals surface area contributed by atoms with Crippen molar-refractivity contribution in [1.29, 1.82) is 0 Å². The Labute approximate surface area is 120 Å². The summed E-state index contributed by atoms with van der Waals surface area (Å²) in [6.07, 6.45) is -0.834. The van der Waals surface area contributed by atoms with E-state index >= 15 is 0 Å². The summed E-state index contributed by atoms with van der Waals surface area (Å²) in [5.41, 5.74) is 7.22. The second kappa shape index (κ2) is 6.28. The highest BCUT2D eigenvalue weighted by Crippen LogP contribution is 2.31. The van der Waals surface area contributed by atoms with Crippen LogP contribution in [0.3, 0.4) is 0 Å². The molecule has 0 fully saturated rings. The average Bonchev–Trinajstić information content (AvgIpc) is 2.39. The molecule has 4 heteroatoms. The van der Waals surface area contributed by atoms with E-state index in [1.165, 1.54) is 12.1 Å². The third-order valence-electron chi connectivity index (χ3n) is 3.09. The van der Waals surface area contributed by atoms with Gasteiger partial charge in [0, 0.05) is 16.9 Å². The Kier molecular flexibility index (Phi) is 4.69. The summed E-state index contributed by atoms with van der Waals surface area (Å²) in [5, 5.41) is 10.4. The molecule has 19 heavy (non-hydrogen) atoms. The predicted molar refractivity (Wildman–Crippen MR) is 77.3 cm³/mol. The minimum Gasteiger partial charge on any atom is -0.388 e. The van der Waals surface area contributed by atoms with Crippen LogP contribution in [0.5, 0.6) is 0 Å². The van der Waals surface area contributed by atoms with E-state index in [-0.39, 0.29) is 11.7 Å². The third-order valence-corrected chi connectivity index (χ3v) is 3.55. The topological polar surface area (TPSA) is 46.2 Å². The number of hydrogen-bond donors (Lipinski definition) is 2. The molecule has 2 unspecified atom stereocenters. The van der Waals surface area contributed by atoms with Crippen LogP contribution in [0.25, 0.3) is 0 Å². The molecular formula is C15H15BrFNO. The zero-order valence-corrected chi connectivity index (χ0v) is 11.8. The Morgan fingerprint density at radius 3 is 2.37 bits per heavy atom. The lowest BCUT2D eigenvalue weighted by molar-refractivity contribution is 0.147. The molecule has 2 aromatic carbocycles. The van der Waals surface area contributed by atoms with E-state index in [0.29, 0.717) is 16.6 Å². The quantitative estimate of drug-likeness (QED) is 0.906. The fourth-order valence-corrected chi connectivity index (χ4v) is 2.61. The molecule has 2 atom stereocenters. The molecule has 2 rings (SSSR count). The zero-order valence-electron chi connectivity index (χ0n) is 10.3. The summed E-state index contributed by atoms with van der Waals surface area (Å²) in [7, 11) is 0. The van der Waals surface area contributed by atoms with Crippen LogP contribution in [-0.2, 0) is 0 Å². The summed E-state index contributed by atoms with van der Waals surface area (Å²) in [5.74, 6) is -0.637. The lowest BCUT2D eigenvalue weighted by Crippen LogP contribution is -2.20. The van der Waals surface area contributed by atoms with Crippen molar-refractivity contribution in [2.75, 3.05) is 6.54 Å². The number of nitrogens with two attached hydrogens (primary N) is 1. The Hall–Kier alpha value is -1.23. The number of hydrogen-bond acceptors (Lipinski definition) is 2. The van der Waals surface area contributed by atoms with Gasteiger partial charge in [0.1, 0.15) is 5.82 Å². The number of rotatable bonds is 4. The summed E-state index contributed by atoms with van der Waals surface area (Å²) >= 11 is 3.23. The molecule has 0 heterocycles. The molecule has 2 nitrogen and oxygen atoms in total. The van der Waals surface area contributed by atoms with Crippen LogP contribution >= 0.6 is 15.9 Å². The molecule has 0 aliphatic rings. The number of aliphatic hydroxyl groups is 1. The van der Waals surface area contributed by atoms with Crippen molar-refractivity contribution >= 4 is 15.9 Å². The SMILES string of the molecule is NCC(c1ccccc1)C(O)c1cc(F)cc(Br)c1. The first kappa shape index (κ1) is 14.2. The maximum Gasteiger partial charge on any atom is 0.124 e. The molecule has 0 spiro atoms. The maximum absolute atomic E-state index is 13.4. The highest BCUT2D eigenvalue weighted by molar-refractivity contribution is 9.10. The van der Waals surface area contributed by atoms with Gasteiger partial charge in [-0.05, 0) is 29.3 Å². The Balaban J connectivity index is 2.33. The fourth-order valence-electron chi connectivity index (χ4n) is 2.13. The van der Waals surface area contributed by atoms with Gasteiger partial charge >= 0.3 is 0 Å². The van der Waals surface area contributed by atoms with Gasteiger partial charge in [-0.25, -0.2) is 4.39 Å². The van der Waals surface area contributed by atoms with Crippen LogP contribution in [0.2, 0.25) is 0 Å². The molecule has 0 bridgehead atoms. The summed E-state index contributed by atoms with van der Waals surface area (Å²) in [4.78, 5) is 0. The van der Waals surface area contributed by atoms with Gasteiger partial charge in [0.15, 0.2) is 0 Å². The van der Waals surface area contributed by atoms with Crippen LogP contribution in [0.4, 0.5) is 4.39 Å². The van der Waals surface area contributed by atoms with Gasteiger partial charge in [0.2, 0.25) is 0 Å². The largest absolute Gasteiger partial charge is 0.388 e. The van der Waals surface area contributed by atoms with Crippen molar-refractivity contribution in [3.05, 3.63) is 69.9 Å². The van der Waals surface area contributed by atoms with E-state index in [0.717, 1.165) is 5.56 Å². The minimum atomic E-state index is -0.834. The monoisotopic (exact) mass is 323 g/mol. The van der Waals surface area contributed by atoms with Crippen molar-refractivity contribution in [2.45, 2.75) is 12.0 Å². The van der Waals surface area contributed by atoms with Crippen molar-refractivity contribution in [3.63, 3.8) is 0 Å². The molecule has 3 N–H and O–H groups in total. The fraction of sp³-hybridized carbons (Fsp3) is 0.200. The van der Waals surface area contributed by atoms with E-state index in [4.69, 9.17) is 5.73 Å². The highest BCUT2D eigenvalue weighted by atomic mass is 79.9. The molecule has 0 radical (unpaired) electrons. The van der Waals surface area contributed by atoms with Gasteiger partial charge in [-0.3, -0.25) is 0 Å². The van der Waals surface area contributed by atoms with Crippen LogP contribution in [-0.4, -0.2) is 11.7 Å². The molecule has 2 aromatic rings. The predicted octanol–water partition coefficient (Wildman–Crippen LogP) is 3.36. The molecule has 0 aliphatic carbocycles. The molecule has 100 valence electrons. The third kappa shape index (κ3) is 3.41. The summed E-state index contributed by atoms with van der Waals surface area (Å²) in [6, 6.07) is 13.9. The number of benzene rings is 2. The maximum atomic E-state index is 13.4. The van der Waals surface area contributed by atoms with Gasteiger partial charge in [0.05, 0.1) is 6.10 Å². The second-order valence-electron chi connectivity index (χ2n) is 4.40. The Morgan fingerprint density at radius 1 is 1.11 bits per heavy atom.